The van der Waals surface area contributed by atoms with Gasteiger partial charge in [-0.3, -0.25) is 0 Å². The fourth-order valence-electron chi connectivity index (χ4n) is 0.287. The Bertz CT molecular complexity index is 94.9. The van der Waals surface area contributed by atoms with Crippen molar-refractivity contribution in [1.29, 1.82) is 0 Å². The molecule has 0 spiro atoms. The number of hydrogen-bond acceptors (Lipinski definition) is 3. The Morgan fingerprint density at radius 3 is 2.71 bits per heavy atom. The van der Waals surface area contributed by atoms with Gasteiger partial charge in [0.15, 0.2) is 0 Å². The minimum absolute atomic E-state index is 0.472. The number of nitrogens with zero attached hydrogens (tertiary/aromatic N) is 1. The highest BCUT2D eigenvalue weighted by Gasteiger charge is 2.20. The number of aliphatic hydroxyl groups excluding tert-OH is 1. The van der Waals surface area contributed by atoms with Crippen LogP contribution in [0.5, 0.6) is 0 Å². The maximum absolute atomic E-state index is 8.52. The van der Waals surface area contributed by atoms with Crippen LogP contribution >= 0.6 is 11.6 Å². The maximum Gasteiger partial charge on any atom is 0.246 e. The molecule has 0 aromatic heterocycles. The lowest BCUT2D eigenvalue weighted by molar-refractivity contribution is -0.0742. The van der Waals surface area contributed by atoms with Crippen LogP contribution in [0.15, 0.2) is 5.16 Å². The normalized spacial score (nSPS) is 38.6. The van der Waals surface area contributed by atoms with Gasteiger partial charge in [0.2, 0.25) is 6.29 Å². The first kappa shape index (κ1) is 4.87. The van der Waals surface area contributed by atoms with E-state index in [0.717, 1.165) is 0 Å². The van der Waals surface area contributed by atoms with Gasteiger partial charge in [-0.05, 0) is 0 Å². The minimum Gasteiger partial charge on any atom is -0.362 e. The zero-order chi connectivity index (χ0) is 5.28. The lowest BCUT2D eigenvalue weighted by atomic mass is 10.5. The molecule has 0 saturated heterocycles. The van der Waals surface area contributed by atoms with Crippen LogP contribution in [0.2, 0.25) is 0 Å². The summed E-state index contributed by atoms with van der Waals surface area (Å²) in [5.41, 5.74) is 0. The van der Waals surface area contributed by atoms with Crippen LogP contribution in [0.4, 0.5) is 0 Å². The highest BCUT2D eigenvalue weighted by molar-refractivity contribution is 6.28. The molecule has 1 N–H and O–H groups in total. The van der Waals surface area contributed by atoms with Gasteiger partial charge < -0.3 is 9.94 Å². The largest absolute Gasteiger partial charge is 0.362 e. The summed E-state index contributed by atoms with van der Waals surface area (Å²) in [6.45, 7) is 0. The number of aliphatic hydroxyl groups is 1. The van der Waals surface area contributed by atoms with Gasteiger partial charge in [0.05, 0.1) is 6.21 Å². The molecule has 0 fully saturated rings. The van der Waals surface area contributed by atoms with Crippen LogP contribution in [-0.4, -0.2) is 23.0 Å². The van der Waals surface area contributed by atoms with E-state index >= 15 is 0 Å². The summed E-state index contributed by atoms with van der Waals surface area (Å²) in [6, 6.07) is 0. The molecule has 1 rings (SSSR count). The summed E-state index contributed by atoms with van der Waals surface area (Å²) >= 11 is 5.34. The van der Waals surface area contributed by atoms with Crippen molar-refractivity contribution in [2.75, 3.05) is 0 Å². The Hall–Kier alpha value is -0.280. The van der Waals surface area contributed by atoms with Crippen molar-refractivity contribution >= 4 is 17.8 Å². The molecule has 7 heavy (non-hydrogen) atoms. The first-order valence-electron chi connectivity index (χ1n) is 1.82. The maximum atomic E-state index is 8.52. The highest BCUT2D eigenvalue weighted by atomic mass is 35.5. The first-order valence-corrected chi connectivity index (χ1v) is 2.26. The third-order valence-electron chi connectivity index (χ3n) is 0.645. The quantitative estimate of drug-likeness (QED) is 0.456. The summed E-state index contributed by atoms with van der Waals surface area (Å²) in [7, 11) is 0. The average molecular weight is 122 g/mol. The molecule has 3 nitrogen and oxygen atoms in total. The monoisotopic (exact) mass is 121 g/mol. The van der Waals surface area contributed by atoms with E-state index in [2.05, 4.69) is 9.99 Å². The third kappa shape index (κ3) is 0.838. The van der Waals surface area contributed by atoms with Crippen LogP contribution in [0, 0.1) is 0 Å². The molecule has 0 amide bonds. The van der Waals surface area contributed by atoms with Gasteiger partial charge in [-0.1, -0.05) is 5.16 Å². The zero-order valence-corrected chi connectivity index (χ0v) is 4.17. The van der Waals surface area contributed by atoms with Crippen molar-refractivity contribution in [3.63, 3.8) is 0 Å². The molecule has 1 aliphatic rings. The molecule has 40 valence electrons. The van der Waals surface area contributed by atoms with E-state index in [-0.39, 0.29) is 0 Å². The van der Waals surface area contributed by atoms with E-state index in [1.165, 1.54) is 6.21 Å². The van der Waals surface area contributed by atoms with Gasteiger partial charge in [0.1, 0.15) is 5.38 Å². The number of rotatable bonds is 0. The van der Waals surface area contributed by atoms with E-state index in [1.807, 2.05) is 0 Å². The average Bonchev–Trinajstić information content (AvgIpc) is 1.91. The van der Waals surface area contributed by atoms with Gasteiger partial charge in [0, 0.05) is 0 Å². The highest BCUT2D eigenvalue weighted by Crippen LogP contribution is 2.07. The molecule has 0 saturated carbocycles. The molecular weight excluding hydrogens is 117 g/mol. The van der Waals surface area contributed by atoms with E-state index < -0.39 is 11.7 Å². The van der Waals surface area contributed by atoms with Gasteiger partial charge in [0.25, 0.3) is 0 Å². The predicted molar refractivity (Wildman–Crippen MR) is 25.2 cm³/mol. The van der Waals surface area contributed by atoms with Gasteiger partial charge in [-0.2, -0.15) is 0 Å². The van der Waals surface area contributed by atoms with Crippen molar-refractivity contribution in [1.82, 2.24) is 0 Å². The van der Waals surface area contributed by atoms with E-state index in [4.69, 9.17) is 16.7 Å². The molecule has 1 aliphatic heterocycles. The first-order chi connectivity index (χ1) is 3.30. The Balaban J connectivity index is 2.45. The molecule has 2 unspecified atom stereocenters. The van der Waals surface area contributed by atoms with E-state index in [9.17, 15) is 0 Å². The summed E-state index contributed by atoms with van der Waals surface area (Å²) < 4.78 is 0. The van der Waals surface area contributed by atoms with Crippen molar-refractivity contribution in [3.8, 4) is 0 Å². The Morgan fingerprint density at radius 2 is 2.57 bits per heavy atom. The number of hydrogen-bond donors (Lipinski definition) is 1. The second-order valence-electron chi connectivity index (χ2n) is 1.19. The molecule has 1 heterocycles. The van der Waals surface area contributed by atoms with Crippen molar-refractivity contribution in [3.05, 3.63) is 0 Å². The summed E-state index contributed by atoms with van der Waals surface area (Å²) in [5.74, 6) is 0. The van der Waals surface area contributed by atoms with Gasteiger partial charge >= 0.3 is 0 Å². The van der Waals surface area contributed by atoms with Crippen LogP contribution in [0.3, 0.4) is 0 Å². The lowest BCUT2D eigenvalue weighted by Crippen LogP contribution is -2.16. The summed E-state index contributed by atoms with van der Waals surface area (Å²) in [6.07, 6.45) is 0.397. The van der Waals surface area contributed by atoms with E-state index in [1.54, 1.807) is 0 Å². The van der Waals surface area contributed by atoms with Crippen molar-refractivity contribution in [2.45, 2.75) is 11.7 Å². The Kier molecular flexibility index (Phi) is 1.17. The molecular formula is C3H4ClNO2. The minimum atomic E-state index is -0.943. The topological polar surface area (TPSA) is 41.8 Å². The molecule has 2 atom stereocenters. The van der Waals surface area contributed by atoms with Crippen LogP contribution < -0.4 is 0 Å². The molecule has 0 aromatic rings. The second kappa shape index (κ2) is 1.68. The zero-order valence-electron chi connectivity index (χ0n) is 3.41. The molecule has 0 bridgehead atoms. The summed E-state index contributed by atoms with van der Waals surface area (Å²) in [4.78, 5) is 4.26. The smallest absolute Gasteiger partial charge is 0.246 e. The Labute approximate surface area is 45.5 Å². The predicted octanol–water partition coefficient (Wildman–Crippen LogP) is -0.0718. The van der Waals surface area contributed by atoms with Gasteiger partial charge in [-0.15, -0.1) is 11.6 Å². The van der Waals surface area contributed by atoms with E-state index in [0.29, 0.717) is 0 Å². The molecule has 0 radical (unpaired) electrons. The SMILES string of the molecule is OC1ON=CC1Cl. The molecule has 4 heteroatoms. The number of oxime groups is 1. The summed E-state index contributed by atoms with van der Waals surface area (Å²) in [5, 5.41) is 11.3. The Morgan fingerprint density at radius 1 is 1.86 bits per heavy atom. The van der Waals surface area contributed by atoms with Crippen molar-refractivity contribution < 1.29 is 9.94 Å². The number of alkyl halides is 1. The lowest BCUT2D eigenvalue weighted by Gasteiger charge is -1.99. The van der Waals surface area contributed by atoms with Crippen LogP contribution in [-0.2, 0) is 4.84 Å². The van der Waals surface area contributed by atoms with Gasteiger partial charge in [-0.25, -0.2) is 0 Å². The molecule has 0 aliphatic carbocycles. The van der Waals surface area contributed by atoms with Crippen molar-refractivity contribution in [2.24, 2.45) is 5.16 Å². The second-order valence-corrected chi connectivity index (χ2v) is 1.70. The third-order valence-corrected chi connectivity index (χ3v) is 0.973. The molecule has 0 aromatic carbocycles. The standard InChI is InChI=1S/C3H4ClNO2/c4-2-1-5-7-3(2)6/h1-3,6H. The fraction of sp³-hybridized carbons (Fsp3) is 0.667. The van der Waals surface area contributed by atoms with Crippen LogP contribution in [0.1, 0.15) is 0 Å². The van der Waals surface area contributed by atoms with Crippen LogP contribution in [0.25, 0.3) is 0 Å². The number of halogens is 1. The fourth-order valence-corrected chi connectivity index (χ4v) is 0.379.